The fourth-order valence-corrected chi connectivity index (χ4v) is 3.95. The highest BCUT2D eigenvalue weighted by Crippen LogP contribution is 2.25. The van der Waals surface area contributed by atoms with Gasteiger partial charge in [-0.05, 0) is 38.3 Å². The van der Waals surface area contributed by atoms with Crippen LogP contribution in [0.5, 0.6) is 0 Å². The lowest BCUT2D eigenvalue weighted by Crippen LogP contribution is -2.51. The Bertz CT molecular complexity index is 346. The molecule has 2 saturated heterocycles. The van der Waals surface area contributed by atoms with Gasteiger partial charge < -0.3 is 10.2 Å². The van der Waals surface area contributed by atoms with E-state index in [4.69, 9.17) is 0 Å². The second kappa shape index (κ2) is 9.31. The summed E-state index contributed by atoms with van der Waals surface area (Å²) in [6.45, 7) is 8.35. The average molecular weight is 352 g/mol. The topological polar surface area (TPSA) is 35.6 Å². The Morgan fingerprint density at radius 1 is 1.00 bits per heavy atom. The minimum absolute atomic E-state index is 0. The molecule has 130 valence electrons. The Morgan fingerprint density at radius 2 is 1.68 bits per heavy atom. The van der Waals surface area contributed by atoms with Crippen molar-refractivity contribution in [3.05, 3.63) is 0 Å². The summed E-state index contributed by atoms with van der Waals surface area (Å²) in [5.41, 5.74) is 0. The van der Waals surface area contributed by atoms with Crippen LogP contribution in [0.15, 0.2) is 0 Å². The van der Waals surface area contributed by atoms with Gasteiger partial charge in [-0.15, -0.1) is 24.8 Å². The van der Waals surface area contributed by atoms with Crippen LogP contribution in [-0.4, -0.2) is 61.0 Å². The van der Waals surface area contributed by atoms with Gasteiger partial charge in [0.25, 0.3) is 0 Å². The molecule has 0 bridgehead atoms. The molecule has 3 fully saturated rings. The molecule has 1 aliphatic carbocycles. The van der Waals surface area contributed by atoms with Crippen molar-refractivity contribution in [1.29, 1.82) is 0 Å². The molecule has 0 radical (unpaired) electrons. The van der Waals surface area contributed by atoms with E-state index in [0.717, 1.165) is 45.2 Å². The van der Waals surface area contributed by atoms with E-state index in [0.29, 0.717) is 11.8 Å². The van der Waals surface area contributed by atoms with E-state index in [9.17, 15) is 4.79 Å². The van der Waals surface area contributed by atoms with Crippen LogP contribution in [0, 0.1) is 11.8 Å². The van der Waals surface area contributed by atoms with Gasteiger partial charge in [-0.2, -0.15) is 0 Å². The van der Waals surface area contributed by atoms with Crippen molar-refractivity contribution in [2.24, 2.45) is 11.8 Å². The Kier molecular flexibility index (Phi) is 8.47. The summed E-state index contributed by atoms with van der Waals surface area (Å²) in [6.07, 6.45) is 6.69. The van der Waals surface area contributed by atoms with Gasteiger partial charge in [-0.1, -0.05) is 19.8 Å². The molecule has 6 heteroatoms. The summed E-state index contributed by atoms with van der Waals surface area (Å²) in [4.78, 5) is 17.4. The number of nitrogens with zero attached hydrogens (tertiary/aromatic N) is 2. The lowest BCUT2D eigenvalue weighted by Gasteiger charge is -2.35. The summed E-state index contributed by atoms with van der Waals surface area (Å²) in [5.74, 6) is 1.16. The van der Waals surface area contributed by atoms with Crippen LogP contribution in [0.4, 0.5) is 0 Å². The van der Waals surface area contributed by atoms with Crippen molar-refractivity contribution >= 4 is 30.7 Å². The summed E-state index contributed by atoms with van der Waals surface area (Å²) in [6, 6.07) is 0.804. The van der Waals surface area contributed by atoms with Crippen LogP contribution in [-0.2, 0) is 4.79 Å². The predicted octanol–water partition coefficient (Wildman–Crippen LogP) is 2.16. The highest BCUT2D eigenvalue weighted by atomic mass is 35.5. The monoisotopic (exact) mass is 351 g/mol. The van der Waals surface area contributed by atoms with Crippen molar-refractivity contribution in [2.45, 2.75) is 45.1 Å². The molecule has 3 rings (SSSR count). The number of halogens is 2. The molecule has 0 aromatic rings. The third-order valence-corrected chi connectivity index (χ3v) is 5.59. The molecule has 0 spiro atoms. The van der Waals surface area contributed by atoms with E-state index in [2.05, 4.69) is 22.0 Å². The third kappa shape index (κ3) is 4.50. The van der Waals surface area contributed by atoms with Crippen LogP contribution in [0.1, 0.15) is 39.0 Å². The quantitative estimate of drug-likeness (QED) is 0.846. The fraction of sp³-hybridized carbons (Fsp3) is 0.938. The van der Waals surface area contributed by atoms with Gasteiger partial charge in [0.1, 0.15) is 0 Å². The van der Waals surface area contributed by atoms with Gasteiger partial charge in [-0.25, -0.2) is 0 Å². The average Bonchev–Trinajstić information content (AvgIpc) is 2.81. The molecule has 1 N–H and O–H groups in total. The second-order valence-electron chi connectivity index (χ2n) is 6.86. The van der Waals surface area contributed by atoms with Gasteiger partial charge in [0.2, 0.25) is 5.91 Å². The van der Waals surface area contributed by atoms with Crippen molar-refractivity contribution in [1.82, 2.24) is 15.1 Å². The largest absolute Gasteiger partial charge is 0.341 e. The lowest BCUT2D eigenvalue weighted by atomic mass is 9.88. The van der Waals surface area contributed by atoms with Crippen molar-refractivity contribution in [3.63, 3.8) is 0 Å². The molecule has 2 aliphatic heterocycles. The molecule has 1 unspecified atom stereocenters. The van der Waals surface area contributed by atoms with E-state index >= 15 is 0 Å². The highest BCUT2D eigenvalue weighted by molar-refractivity contribution is 5.85. The number of amides is 1. The van der Waals surface area contributed by atoms with E-state index in [1.165, 1.54) is 32.2 Å². The van der Waals surface area contributed by atoms with E-state index < -0.39 is 0 Å². The molecule has 1 saturated carbocycles. The van der Waals surface area contributed by atoms with Crippen LogP contribution >= 0.6 is 24.8 Å². The Balaban J connectivity index is 0.00000121. The minimum atomic E-state index is 0. The van der Waals surface area contributed by atoms with Crippen molar-refractivity contribution in [2.75, 3.05) is 39.3 Å². The number of rotatable bonds is 3. The summed E-state index contributed by atoms with van der Waals surface area (Å²) in [7, 11) is 0. The lowest BCUT2D eigenvalue weighted by molar-refractivity contribution is -0.137. The van der Waals surface area contributed by atoms with Gasteiger partial charge in [-0.3, -0.25) is 9.69 Å². The molecule has 22 heavy (non-hydrogen) atoms. The van der Waals surface area contributed by atoms with Crippen LogP contribution in [0.2, 0.25) is 0 Å². The molecule has 4 nitrogen and oxygen atoms in total. The third-order valence-electron chi connectivity index (χ3n) is 5.59. The summed E-state index contributed by atoms with van der Waals surface area (Å²) in [5, 5.41) is 3.28. The van der Waals surface area contributed by atoms with Crippen molar-refractivity contribution in [3.8, 4) is 0 Å². The maximum absolute atomic E-state index is 12.6. The van der Waals surface area contributed by atoms with Crippen LogP contribution in [0.3, 0.4) is 0 Å². The number of nitrogens with one attached hydrogen (secondary N) is 1. The first-order valence-electron chi connectivity index (χ1n) is 8.49. The van der Waals surface area contributed by atoms with E-state index in [1.54, 1.807) is 0 Å². The summed E-state index contributed by atoms with van der Waals surface area (Å²) < 4.78 is 0. The van der Waals surface area contributed by atoms with Crippen LogP contribution < -0.4 is 5.32 Å². The first kappa shape index (κ1) is 20.0. The van der Waals surface area contributed by atoms with Crippen LogP contribution in [0.25, 0.3) is 0 Å². The Morgan fingerprint density at radius 3 is 2.27 bits per heavy atom. The first-order chi connectivity index (χ1) is 9.75. The normalized spacial score (nSPS) is 25.6. The van der Waals surface area contributed by atoms with E-state index in [1.807, 2.05) is 0 Å². The number of hydrogen-bond acceptors (Lipinski definition) is 3. The molecule has 2 heterocycles. The Labute approximate surface area is 147 Å². The number of carbonyl (C=O) groups excluding carboxylic acids is 1. The minimum Gasteiger partial charge on any atom is -0.341 e. The SMILES string of the molecule is CC(C(=O)N1CCCN(C2CCCC2)CC1)C1CNC1.Cl.Cl. The standard InChI is InChI=1S/C16H29N3O.2ClH/c1-13(14-11-17-12-14)16(20)19-8-4-7-18(9-10-19)15-5-2-3-6-15;;/h13-15,17H,2-12H2,1H3;2*1H. The molecular weight excluding hydrogens is 321 g/mol. The van der Waals surface area contributed by atoms with Gasteiger partial charge in [0.05, 0.1) is 0 Å². The number of carbonyl (C=O) groups is 1. The Hall–Kier alpha value is -0.0300. The zero-order chi connectivity index (χ0) is 13.9. The maximum Gasteiger partial charge on any atom is 0.225 e. The molecule has 0 aromatic heterocycles. The fourth-order valence-electron chi connectivity index (χ4n) is 3.95. The second-order valence-corrected chi connectivity index (χ2v) is 6.86. The van der Waals surface area contributed by atoms with Gasteiger partial charge in [0, 0.05) is 38.1 Å². The zero-order valence-electron chi connectivity index (χ0n) is 13.6. The smallest absolute Gasteiger partial charge is 0.225 e. The molecule has 1 amide bonds. The molecule has 0 aromatic carbocycles. The van der Waals surface area contributed by atoms with Gasteiger partial charge in [0.15, 0.2) is 0 Å². The summed E-state index contributed by atoms with van der Waals surface area (Å²) >= 11 is 0. The molecule has 1 atom stereocenters. The molecular formula is C16H31Cl2N3O. The molecule has 3 aliphatic rings. The van der Waals surface area contributed by atoms with Crippen molar-refractivity contribution < 1.29 is 4.79 Å². The highest BCUT2D eigenvalue weighted by Gasteiger charge is 2.33. The predicted molar refractivity (Wildman–Crippen MR) is 95.0 cm³/mol. The first-order valence-corrected chi connectivity index (χ1v) is 8.49. The zero-order valence-corrected chi connectivity index (χ0v) is 15.3. The van der Waals surface area contributed by atoms with Gasteiger partial charge >= 0.3 is 0 Å². The number of hydrogen-bond donors (Lipinski definition) is 1. The maximum atomic E-state index is 12.6. The van der Waals surface area contributed by atoms with E-state index in [-0.39, 0.29) is 30.7 Å².